The molecule has 3 N–H and O–H groups in total. The molecule has 4 nitrogen and oxygen atoms in total. The van der Waals surface area contributed by atoms with E-state index in [1.807, 2.05) is 0 Å². The fourth-order valence-electron chi connectivity index (χ4n) is 2.28. The molecule has 18 heavy (non-hydrogen) atoms. The van der Waals surface area contributed by atoms with Crippen LogP contribution in [0.2, 0.25) is 10.0 Å². The predicted octanol–water partition coefficient (Wildman–Crippen LogP) is 3.20. The molecule has 0 aliphatic heterocycles. The largest absolute Gasteiger partial charge is 0.382 e. The minimum absolute atomic E-state index is 0.0359. The number of ether oxygens (including phenoxy) is 1. The van der Waals surface area contributed by atoms with Crippen molar-refractivity contribution in [2.45, 2.75) is 32.4 Å². The Bertz CT molecular complexity index is 465. The van der Waals surface area contributed by atoms with Crippen molar-refractivity contribution in [2.24, 2.45) is 5.41 Å². The van der Waals surface area contributed by atoms with E-state index in [1.165, 1.54) is 0 Å². The molecule has 0 radical (unpaired) electrons. The molecule has 2 unspecified atom stereocenters. The first-order chi connectivity index (χ1) is 8.36. The van der Waals surface area contributed by atoms with Crippen LogP contribution in [-0.4, -0.2) is 24.2 Å². The van der Waals surface area contributed by atoms with Crippen molar-refractivity contribution in [1.82, 2.24) is 4.98 Å². The third kappa shape index (κ3) is 2.25. The van der Waals surface area contributed by atoms with Gasteiger partial charge >= 0.3 is 0 Å². The van der Waals surface area contributed by atoms with E-state index < -0.39 is 0 Å². The molecule has 6 heteroatoms. The number of hydrogen-bond donors (Lipinski definition) is 2. The Morgan fingerprint density at radius 2 is 2.11 bits per heavy atom. The number of rotatable bonds is 3. The quantitative estimate of drug-likeness (QED) is 0.897. The monoisotopic (exact) mass is 289 g/mol. The zero-order valence-electron chi connectivity index (χ0n) is 10.6. The van der Waals surface area contributed by atoms with Crippen LogP contribution >= 0.6 is 23.2 Å². The molecule has 1 aliphatic rings. The molecule has 1 fully saturated rings. The summed E-state index contributed by atoms with van der Waals surface area (Å²) in [7, 11) is 1.73. The molecule has 1 saturated carbocycles. The molecular weight excluding hydrogens is 273 g/mol. The van der Waals surface area contributed by atoms with Crippen molar-refractivity contribution in [3.8, 4) is 0 Å². The van der Waals surface area contributed by atoms with Gasteiger partial charge in [0.15, 0.2) is 0 Å². The van der Waals surface area contributed by atoms with Gasteiger partial charge in [0.2, 0.25) is 0 Å². The van der Waals surface area contributed by atoms with Crippen molar-refractivity contribution < 1.29 is 4.74 Å². The zero-order chi connectivity index (χ0) is 13.5. The average molecular weight is 290 g/mol. The van der Waals surface area contributed by atoms with Gasteiger partial charge in [0.1, 0.15) is 11.6 Å². The standard InChI is InChI=1S/C12H17Cl2N3O/c1-12(2)8(5-9(12)18-3)16-11-7(14)4-6(13)10(15)17-11/h4,8-9H,5H2,1-3H3,(H3,15,16,17). The highest BCUT2D eigenvalue weighted by molar-refractivity contribution is 6.37. The minimum atomic E-state index is 0.0359. The van der Waals surface area contributed by atoms with Crippen LogP contribution in [0.5, 0.6) is 0 Å². The maximum absolute atomic E-state index is 6.09. The Labute approximate surface area is 117 Å². The first kappa shape index (κ1) is 13.7. The molecule has 2 rings (SSSR count). The highest BCUT2D eigenvalue weighted by Crippen LogP contribution is 2.44. The summed E-state index contributed by atoms with van der Waals surface area (Å²) in [6.07, 6.45) is 1.17. The van der Waals surface area contributed by atoms with Gasteiger partial charge in [-0.1, -0.05) is 37.0 Å². The first-order valence-corrected chi connectivity index (χ1v) is 6.52. The molecule has 100 valence electrons. The van der Waals surface area contributed by atoms with E-state index in [0.717, 1.165) is 6.42 Å². The molecule has 1 aliphatic carbocycles. The number of nitrogens with two attached hydrogens (primary N) is 1. The normalized spacial score (nSPS) is 25.6. The predicted molar refractivity (Wildman–Crippen MR) is 75.3 cm³/mol. The summed E-state index contributed by atoms with van der Waals surface area (Å²) in [4.78, 5) is 4.17. The number of anilines is 2. The molecule has 2 atom stereocenters. The summed E-state index contributed by atoms with van der Waals surface area (Å²) in [5.74, 6) is 0.857. The minimum Gasteiger partial charge on any atom is -0.382 e. The van der Waals surface area contributed by atoms with Crippen molar-refractivity contribution in [1.29, 1.82) is 0 Å². The summed E-state index contributed by atoms with van der Waals surface area (Å²) in [5.41, 5.74) is 5.72. The Morgan fingerprint density at radius 1 is 1.44 bits per heavy atom. The second-order valence-electron chi connectivity index (χ2n) is 5.16. The summed E-state index contributed by atoms with van der Waals surface area (Å²) >= 11 is 11.9. The van der Waals surface area contributed by atoms with Crippen molar-refractivity contribution >= 4 is 34.8 Å². The van der Waals surface area contributed by atoms with E-state index in [9.17, 15) is 0 Å². The third-order valence-corrected chi connectivity index (χ3v) is 4.32. The highest BCUT2D eigenvalue weighted by atomic mass is 35.5. The second-order valence-corrected chi connectivity index (χ2v) is 5.98. The van der Waals surface area contributed by atoms with Gasteiger partial charge in [-0.2, -0.15) is 0 Å². The number of nitrogens with one attached hydrogen (secondary N) is 1. The number of nitrogens with zero attached hydrogens (tertiary/aromatic N) is 1. The molecule has 0 saturated heterocycles. The maximum Gasteiger partial charge on any atom is 0.147 e. The fraction of sp³-hybridized carbons (Fsp3) is 0.583. The molecule has 0 bridgehead atoms. The number of aromatic nitrogens is 1. The number of halogens is 2. The highest BCUT2D eigenvalue weighted by Gasteiger charge is 2.48. The van der Waals surface area contributed by atoms with E-state index in [2.05, 4.69) is 24.1 Å². The van der Waals surface area contributed by atoms with Crippen LogP contribution in [0.15, 0.2) is 6.07 Å². The lowest BCUT2D eigenvalue weighted by molar-refractivity contribution is -0.0795. The van der Waals surface area contributed by atoms with Gasteiger partial charge in [0.05, 0.1) is 16.1 Å². The Morgan fingerprint density at radius 3 is 2.67 bits per heavy atom. The zero-order valence-corrected chi connectivity index (χ0v) is 12.1. The molecule has 0 aromatic carbocycles. The maximum atomic E-state index is 6.09. The smallest absolute Gasteiger partial charge is 0.147 e. The number of hydrogen-bond acceptors (Lipinski definition) is 4. The second kappa shape index (κ2) is 4.76. The van der Waals surface area contributed by atoms with E-state index in [1.54, 1.807) is 13.2 Å². The van der Waals surface area contributed by atoms with Crippen molar-refractivity contribution in [2.75, 3.05) is 18.2 Å². The van der Waals surface area contributed by atoms with Crippen LogP contribution in [0.4, 0.5) is 11.6 Å². The van der Waals surface area contributed by atoms with E-state index in [0.29, 0.717) is 15.9 Å². The number of methoxy groups -OCH3 is 1. The van der Waals surface area contributed by atoms with Crippen LogP contribution in [0.3, 0.4) is 0 Å². The Hall–Kier alpha value is -0.710. The van der Waals surface area contributed by atoms with Gasteiger partial charge in [0.25, 0.3) is 0 Å². The number of nitrogen functional groups attached to an aromatic ring is 1. The van der Waals surface area contributed by atoms with Gasteiger partial charge in [0, 0.05) is 18.6 Å². The lowest BCUT2D eigenvalue weighted by Crippen LogP contribution is -2.57. The van der Waals surface area contributed by atoms with Gasteiger partial charge in [-0.25, -0.2) is 4.98 Å². The van der Waals surface area contributed by atoms with Gasteiger partial charge < -0.3 is 15.8 Å². The molecule has 0 amide bonds. The van der Waals surface area contributed by atoms with E-state index in [4.69, 9.17) is 33.7 Å². The van der Waals surface area contributed by atoms with Crippen molar-refractivity contribution in [3.63, 3.8) is 0 Å². The summed E-state index contributed by atoms with van der Waals surface area (Å²) in [5, 5.41) is 4.15. The number of pyridine rings is 1. The first-order valence-electron chi connectivity index (χ1n) is 5.77. The lowest BCUT2D eigenvalue weighted by Gasteiger charge is -2.51. The Balaban J connectivity index is 2.14. The van der Waals surface area contributed by atoms with Gasteiger partial charge in [-0.05, 0) is 12.5 Å². The molecule has 0 spiro atoms. The molecule has 1 heterocycles. The lowest BCUT2D eigenvalue weighted by atomic mass is 9.64. The van der Waals surface area contributed by atoms with Crippen LogP contribution in [0.25, 0.3) is 0 Å². The molecule has 1 aromatic heterocycles. The SMILES string of the molecule is COC1CC(Nc2nc(N)c(Cl)cc2Cl)C1(C)C. The van der Waals surface area contributed by atoms with E-state index >= 15 is 0 Å². The Kier molecular flexibility index (Phi) is 3.63. The summed E-state index contributed by atoms with van der Waals surface area (Å²) in [6, 6.07) is 1.86. The van der Waals surface area contributed by atoms with E-state index in [-0.39, 0.29) is 23.4 Å². The summed E-state index contributed by atoms with van der Waals surface area (Å²) < 4.78 is 5.40. The van der Waals surface area contributed by atoms with Crippen LogP contribution in [0, 0.1) is 5.41 Å². The van der Waals surface area contributed by atoms with Crippen molar-refractivity contribution in [3.05, 3.63) is 16.1 Å². The molecule has 1 aromatic rings. The van der Waals surface area contributed by atoms with Gasteiger partial charge in [-0.3, -0.25) is 0 Å². The van der Waals surface area contributed by atoms with Crippen LogP contribution < -0.4 is 11.1 Å². The molecular formula is C12H17Cl2N3O. The van der Waals surface area contributed by atoms with Crippen LogP contribution in [-0.2, 0) is 4.74 Å². The van der Waals surface area contributed by atoms with Gasteiger partial charge in [-0.15, -0.1) is 0 Å². The third-order valence-electron chi connectivity index (χ3n) is 3.73. The van der Waals surface area contributed by atoms with Crippen LogP contribution in [0.1, 0.15) is 20.3 Å². The topological polar surface area (TPSA) is 60.2 Å². The average Bonchev–Trinajstić information content (AvgIpc) is 2.30. The fourth-order valence-corrected chi connectivity index (χ4v) is 2.69. The summed E-state index contributed by atoms with van der Waals surface area (Å²) in [6.45, 7) is 4.30.